The quantitative estimate of drug-likeness (QED) is 0.649. The van der Waals surface area contributed by atoms with Crippen LogP contribution in [-0.4, -0.2) is 5.91 Å². The van der Waals surface area contributed by atoms with Crippen molar-refractivity contribution in [2.45, 2.75) is 13.5 Å². The third-order valence-corrected chi connectivity index (χ3v) is 3.48. The predicted molar refractivity (Wildman–Crippen MR) is 91.8 cm³/mol. The van der Waals surface area contributed by atoms with Crippen LogP contribution in [0.5, 0.6) is 0 Å². The summed E-state index contributed by atoms with van der Waals surface area (Å²) in [6.45, 7) is 2.39. The number of amides is 1. The molecule has 0 aliphatic carbocycles. The van der Waals surface area contributed by atoms with Gasteiger partial charge in [-0.15, -0.1) is 0 Å². The van der Waals surface area contributed by atoms with E-state index in [1.165, 1.54) is 6.20 Å². The molecule has 0 saturated carbocycles. The lowest BCUT2D eigenvalue weighted by Gasteiger charge is -2.07. The molecule has 2 aromatic rings. The SMILES string of the molecule is Cc1ccccc1NC(=O)/C(C#N)=C\NCc1ccc(Cl)cc1. The van der Waals surface area contributed by atoms with Crippen LogP contribution in [0.4, 0.5) is 5.69 Å². The maximum absolute atomic E-state index is 12.1. The van der Waals surface area contributed by atoms with Gasteiger partial charge in [-0.25, -0.2) is 0 Å². The zero-order chi connectivity index (χ0) is 16.7. The van der Waals surface area contributed by atoms with Crippen molar-refractivity contribution < 1.29 is 4.79 Å². The van der Waals surface area contributed by atoms with Crippen molar-refractivity contribution in [2.75, 3.05) is 5.32 Å². The fourth-order valence-electron chi connectivity index (χ4n) is 1.92. The monoisotopic (exact) mass is 325 g/mol. The van der Waals surface area contributed by atoms with Crippen LogP contribution in [0.1, 0.15) is 11.1 Å². The summed E-state index contributed by atoms with van der Waals surface area (Å²) in [5, 5.41) is 15.5. The van der Waals surface area contributed by atoms with Crippen molar-refractivity contribution in [1.29, 1.82) is 5.26 Å². The molecule has 0 unspecified atom stereocenters. The van der Waals surface area contributed by atoms with Crippen LogP contribution in [0.25, 0.3) is 0 Å². The standard InChI is InChI=1S/C18H16ClN3O/c1-13-4-2-3-5-17(13)22-18(23)15(10-20)12-21-11-14-6-8-16(19)9-7-14/h2-9,12,21H,11H2,1H3,(H,22,23)/b15-12-. The Kier molecular flexibility index (Phi) is 5.79. The maximum atomic E-state index is 12.1. The normalized spacial score (nSPS) is 10.7. The summed E-state index contributed by atoms with van der Waals surface area (Å²) < 4.78 is 0. The molecular weight excluding hydrogens is 310 g/mol. The van der Waals surface area contributed by atoms with Gasteiger partial charge in [-0.2, -0.15) is 5.26 Å². The second-order valence-corrected chi connectivity index (χ2v) is 5.38. The molecule has 2 N–H and O–H groups in total. The number of halogens is 1. The van der Waals surface area contributed by atoms with Crippen LogP contribution in [0.3, 0.4) is 0 Å². The highest BCUT2D eigenvalue weighted by Gasteiger charge is 2.10. The number of benzene rings is 2. The van der Waals surface area contributed by atoms with Gasteiger partial charge in [0.25, 0.3) is 5.91 Å². The van der Waals surface area contributed by atoms with Crippen LogP contribution in [-0.2, 0) is 11.3 Å². The molecule has 0 aliphatic rings. The molecule has 0 saturated heterocycles. The molecule has 0 spiro atoms. The Labute approximate surface area is 140 Å². The molecule has 0 fully saturated rings. The van der Waals surface area contributed by atoms with E-state index in [1.54, 1.807) is 18.2 Å². The molecule has 0 aliphatic heterocycles. The van der Waals surface area contributed by atoms with Gasteiger partial charge in [0, 0.05) is 23.5 Å². The summed E-state index contributed by atoms with van der Waals surface area (Å²) in [4.78, 5) is 12.1. The molecule has 5 heteroatoms. The van der Waals surface area contributed by atoms with Crippen LogP contribution >= 0.6 is 11.6 Å². The van der Waals surface area contributed by atoms with Crippen molar-refractivity contribution in [2.24, 2.45) is 0 Å². The second-order valence-electron chi connectivity index (χ2n) is 4.95. The highest BCUT2D eigenvalue weighted by molar-refractivity contribution is 6.30. The van der Waals surface area contributed by atoms with Crippen LogP contribution < -0.4 is 10.6 Å². The number of anilines is 1. The summed E-state index contributed by atoms with van der Waals surface area (Å²) in [5.74, 6) is -0.439. The Morgan fingerprint density at radius 3 is 2.57 bits per heavy atom. The zero-order valence-electron chi connectivity index (χ0n) is 12.6. The van der Waals surface area contributed by atoms with Crippen LogP contribution in [0.2, 0.25) is 5.02 Å². The van der Waals surface area contributed by atoms with Gasteiger partial charge in [0.1, 0.15) is 11.6 Å². The summed E-state index contributed by atoms with van der Waals surface area (Å²) in [5.41, 5.74) is 2.65. The number of rotatable bonds is 5. The van der Waals surface area contributed by atoms with E-state index in [4.69, 9.17) is 16.9 Å². The Balaban J connectivity index is 1.98. The first kappa shape index (κ1) is 16.6. The van der Waals surface area contributed by atoms with Gasteiger partial charge in [0.15, 0.2) is 0 Å². The predicted octanol–water partition coefficient (Wildman–Crippen LogP) is 3.78. The second kappa shape index (κ2) is 8.02. The topological polar surface area (TPSA) is 64.9 Å². The van der Waals surface area contributed by atoms with Crippen molar-refractivity contribution >= 4 is 23.2 Å². The van der Waals surface area contributed by atoms with E-state index in [0.29, 0.717) is 17.3 Å². The van der Waals surface area contributed by atoms with E-state index >= 15 is 0 Å². The van der Waals surface area contributed by atoms with Crippen molar-refractivity contribution in [3.8, 4) is 6.07 Å². The number of hydrogen-bond donors (Lipinski definition) is 2. The van der Waals surface area contributed by atoms with Gasteiger partial charge >= 0.3 is 0 Å². The molecule has 2 rings (SSSR count). The molecule has 1 amide bonds. The summed E-state index contributed by atoms with van der Waals surface area (Å²) in [6.07, 6.45) is 1.42. The van der Waals surface area contributed by atoms with Gasteiger partial charge in [-0.3, -0.25) is 4.79 Å². The lowest BCUT2D eigenvalue weighted by atomic mass is 10.2. The zero-order valence-corrected chi connectivity index (χ0v) is 13.4. The molecular formula is C18H16ClN3O. The van der Waals surface area contributed by atoms with E-state index in [1.807, 2.05) is 43.3 Å². The Bertz CT molecular complexity index is 761. The molecule has 2 aromatic carbocycles. The highest BCUT2D eigenvalue weighted by atomic mass is 35.5. The van der Waals surface area contributed by atoms with E-state index < -0.39 is 5.91 Å². The van der Waals surface area contributed by atoms with Crippen LogP contribution in [0.15, 0.2) is 60.3 Å². The first-order valence-corrected chi connectivity index (χ1v) is 7.43. The summed E-state index contributed by atoms with van der Waals surface area (Å²) >= 11 is 5.82. The molecule has 0 atom stereocenters. The van der Waals surface area contributed by atoms with E-state index in [2.05, 4.69) is 10.6 Å². The molecule has 23 heavy (non-hydrogen) atoms. The molecule has 0 aromatic heterocycles. The summed E-state index contributed by atoms with van der Waals surface area (Å²) in [6, 6.07) is 16.6. The number of carbonyl (C=O) groups is 1. The average Bonchev–Trinajstić information content (AvgIpc) is 2.55. The van der Waals surface area contributed by atoms with E-state index in [-0.39, 0.29) is 5.57 Å². The van der Waals surface area contributed by atoms with E-state index in [9.17, 15) is 4.79 Å². The first-order valence-electron chi connectivity index (χ1n) is 7.05. The largest absolute Gasteiger partial charge is 0.386 e. The molecule has 4 nitrogen and oxygen atoms in total. The van der Waals surface area contributed by atoms with Gasteiger partial charge in [-0.05, 0) is 36.2 Å². The number of para-hydroxylation sites is 1. The minimum Gasteiger partial charge on any atom is -0.386 e. The number of hydrogen-bond acceptors (Lipinski definition) is 3. The van der Waals surface area contributed by atoms with Crippen molar-refractivity contribution in [3.63, 3.8) is 0 Å². The lowest BCUT2D eigenvalue weighted by molar-refractivity contribution is -0.112. The lowest BCUT2D eigenvalue weighted by Crippen LogP contribution is -2.17. The molecule has 0 radical (unpaired) electrons. The van der Waals surface area contributed by atoms with E-state index in [0.717, 1.165) is 11.1 Å². The Morgan fingerprint density at radius 2 is 1.91 bits per heavy atom. The number of nitrogens with one attached hydrogen (secondary N) is 2. The van der Waals surface area contributed by atoms with Crippen molar-refractivity contribution in [3.05, 3.63) is 76.5 Å². The highest BCUT2D eigenvalue weighted by Crippen LogP contribution is 2.14. The number of carbonyl (C=O) groups excluding carboxylic acids is 1. The number of nitriles is 1. The van der Waals surface area contributed by atoms with Gasteiger partial charge in [-0.1, -0.05) is 41.9 Å². The number of nitrogens with zero attached hydrogens (tertiary/aromatic N) is 1. The van der Waals surface area contributed by atoms with Crippen LogP contribution in [0, 0.1) is 18.3 Å². The molecule has 0 bridgehead atoms. The fourth-order valence-corrected chi connectivity index (χ4v) is 2.05. The Morgan fingerprint density at radius 1 is 1.22 bits per heavy atom. The molecule has 0 heterocycles. The minimum absolute atomic E-state index is 0.0159. The Hall–Kier alpha value is -2.77. The van der Waals surface area contributed by atoms with Gasteiger partial charge < -0.3 is 10.6 Å². The number of aryl methyl sites for hydroxylation is 1. The third-order valence-electron chi connectivity index (χ3n) is 3.22. The maximum Gasteiger partial charge on any atom is 0.267 e. The average molecular weight is 326 g/mol. The molecule has 116 valence electrons. The van der Waals surface area contributed by atoms with Gasteiger partial charge in [0.05, 0.1) is 0 Å². The van der Waals surface area contributed by atoms with Gasteiger partial charge in [0.2, 0.25) is 0 Å². The third kappa shape index (κ3) is 4.87. The first-order chi connectivity index (χ1) is 11.1. The van der Waals surface area contributed by atoms with Crippen molar-refractivity contribution in [1.82, 2.24) is 5.32 Å². The minimum atomic E-state index is -0.439. The smallest absolute Gasteiger partial charge is 0.267 e. The summed E-state index contributed by atoms with van der Waals surface area (Å²) in [7, 11) is 0. The fraction of sp³-hybridized carbons (Fsp3) is 0.111.